The second-order valence-electron chi connectivity index (χ2n) is 6.78. The van der Waals surface area contributed by atoms with E-state index in [-0.39, 0.29) is 29.7 Å². The highest BCUT2D eigenvalue weighted by Crippen LogP contribution is 2.41. The topological polar surface area (TPSA) is 74.8 Å². The fourth-order valence-corrected chi connectivity index (χ4v) is 4.13. The van der Waals surface area contributed by atoms with Crippen molar-refractivity contribution >= 4 is 23.6 Å². The Morgan fingerprint density at radius 1 is 0.917 bits per heavy atom. The average Bonchev–Trinajstić information content (AvgIpc) is 3.08. The van der Waals surface area contributed by atoms with E-state index in [1.165, 1.54) is 34.1 Å². The summed E-state index contributed by atoms with van der Waals surface area (Å²) in [5.74, 6) is -1.02. The van der Waals surface area contributed by atoms with Crippen molar-refractivity contribution in [2.45, 2.75) is 63.5 Å². The molecule has 0 radical (unpaired) electrons. The van der Waals surface area contributed by atoms with E-state index in [1.807, 2.05) is 0 Å². The maximum Gasteiger partial charge on any atom is 0.254 e. The number of nitrogens with zero attached hydrogens (tertiary/aromatic N) is 2. The first-order valence-corrected chi connectivity index (χ1v) is 8.60. The second-order valence-corrected chi connectivity index (χ2v) is 6.78. The molecule has 1 saturated carbocycles. The molecule has 0 aromatic rings. The third-order valence-corrected chi connectivity index (χ3v) is 5.37. The zero-order valence-corrected chi connectivity index (χ0v) is 13.9. The number of hydrogen-bond donors (Lipinski definition) is 0. The molecule has 0 spiro atoms. The van der Waals surface area contributed by atoms with Crippen LogP contribution in [0.2, 0.25) is 0 Å². The first-order chi connectivity index (χ1) is 11.5. The summed E-state index contributed by atoms with van der Waals surface area (Å²) < 4.78 is 0. The SMILES string of the molecule is CCCCC1(N2C(=O)C=CC2=O)CCC(N2C(=O)C=CC2=O)CC1. The molecule has 3 rings (SSSR count). The maximum atomic E-state index is 12.2. The van der Waals surface area contributed by atoms with E-state index in [4.69, 9.17) is 0 Å². The lowest BCUT2D eigenvalue weighted by molar-refractivity contribution is -0.150. The Hall–Kier alpha value is -2.24. The minimum atomic E-state index is -0.483. The van der Waals surface area contributed by atoms with Crippen molar-refractivity contribution < 1.29 is 19.2 Å². The van der Waals surface area contributed by atoms with Crippen LogP contribution in [-0.4, -0.2) is 45.0 Å². The Morgan fingerprint density at radius 2 is 1.42 bits per heavy atom. The molecule has 6 heteroatoms. The molecular weight excluding hydrogens is 308 g/mol. The number of imide groups is 2. The van der Waals surface area contributed by atoms with Gasteiger partial charge in [0.05, 0.1) is 5.54 Å². The Kier molecular flexibility index (Phi) is 4.39. The standard InChI is InChI=1S/C18H22N2O4/c1-2-3-10-18(20-16(23)6-7-17(20)24)11-8-13(9-12-18)19-14(21)4-5-15(19)22/h4-7,13H,2-3,8-12H2,1H3. The van der Waals surface area contributed by atoms with Crippen molar-refractivity contribution in [1.82, 2.24) is 9.80 Å². The predicted octanol–water partition coefficient (Wildman–Crippen LogP) is 1.71. The van der Waals surface area contributed by atoms with Crippen LogP contribution >= 0.6 is 0 Å². The van der Waals surface area contributed by atoms with Crippen molar-refractivity contribution in [3.05, 3.63) is 24.3 Å². The van der Waals surface area contributed by atoms with Gasteiger partial charge in [0.15, 0.2) is 0 Å². The number of carbonyl (C=O) groups is 4. The summed E-state index contributed by atoms with van der Waals surface area (Å²) in [6.45, 7) is 2.08. The molecule has 1 fully saturated rings. The first kappa shape index (κ1) is 16.6. The van der Waals surface area contributed by atoms with E-state index in [0.29, 0.717) is 25.7 Å². The minimum absolute atomic E-state index is 0.143. The van der Waals surface area contributed by atoms with Crippen LogP contribution in [0.25, 0.3) is 0 Å². The molecule has 2 heterocycles. The van der Waals surface area contributed by atoms with Crippen molar-refractivity contribution in [2.24, 2.45) is 0 Å². The van der Waals surface area contributed by atoms with Crippen molar-refractivity contribution in [3.63, 3.8) is 0 Å². The highest BCUT2D eigenvalue weighted by molar-refractivity contribution is 6.14. The van der Waals surface area contributed by atoms with Gasteiger partial charge in [0, 0.05) is 30.3 Å². The van der Waals surface area contributed by atoms with Crippen LogP contribution in [0.15, 0.2) is 24.3 Å². The molecule has 0 aromatic carbocycles. The fraction of sp³-hybridized carbons (Fsp3) is 0.556. The summed E-state index contributed by atoms with van der Waals surface area (Å²) in [6, 6.07) is -0.143. The van der Waals surface area contributed by atoms with Gasteiger partial charge in [-0.05, 0) is 32.1 Å². The molecule has 1 aliphatic carbocycles. The second kappa shape index (κ2) is 6.34. The monoisotopic (exact) mass is 330 g/mol. The molecule has 3 aliphatic rings. The maximum absolute atomic E-state index is 12.2. The summed E-state index contributed by atoms with van der Waals surface area (Å²) in [4.78, 5) is 50.8. The summed E-state index contributed by atoms with van der Waals surface area (Å²) in [7, 11) is 0. The average molecular weight is 330 g/mol. The smallest absolute Gasteiger partial charge is 0.254 e. The Labute approximate surface area is 141 Å². The molecular formula is C18H22N2O4. The lowest BCUT2D eigenvalue weighted by atomic mass is 9.74. The van der Waals surface area contributed by atoms with Gasteiger partial charge in [-0.15, -0.1) is 0 Å². The van der Waals surface area contributed by atoms with E-state index < -0.39 is 5.54 Å². The van der Waals surface area contributed by atoms with Crippen LogP contribution in [-0.2, 0) is 19.2 Å². The zero-order valence-electron chi connectivity index (χ0n) is 13.9. The van der Waals surface area contributed by atoms with Gasteiger partial charge in [0.25, 0.3) is 23.6 Å². The van der Waals surface area contributed by atoms with Gasteiger partial charge >= 0.3 is 0 Å². The molecule has 0 saturated heterocycles. The fourth-order valence-electron chi connectivity index (χ4n) is 4.13. The molecule has 6 nitrogen and oxygen atoms in total. The molecule has 128 valence electrons. The highest BCUT2D eigenvalue weighted by atomic mass is 16.2. The van der Waals surface area contributed by atoms with Gasteiger partial charge in [-0.1, -0.05) is 19.8 Å². The van der Waals surface area contributed by atoms with Crippen LogP contribution in [0, 0.1) is 0 Å². The first-order valence-electron chi connectivity index (χ1n) is 8.60. The number of carbonyl (C=O) groups excluding carboxylic acids is 4. The van der Waals surface area contributed by atoms with Gasteiger partial charge in [-0.25, -0.2) is 0 Å². The summed E-state index contributed by atoms with van der Waals surface area (Å²) in [5, 5.41) is 0. The molecule has 0 aromatic heterocycles. The quantitative estimate of drug-likeness (QED) is 0.719. The summed E-state index contributed by atoms with van der Waals surface area (Å²) in [6.07, 6.45) is 10.5. The van der Waals surface area contributed by atoms with Gasteiger partial charge < -0.3 is 0 Å². The number of unbranched alkanes of at least 4 members (excludes halogenated alkanes) is 1. The number of rotatable bonds is 5. The van der Waals surface area contributed by atoms with Crippen molar-refractivity contribution in [1.29, 1.82) is 0 Å². The number of hydrogen-bond acceptors (Lipinski definition) is 4. The van der Waals surface area contributed by atoms with E-state index in [0.717, 1.165) is 19.3 Å². The van der Waals surface area contributed by atoms with E-state index in [1.54, 1.807) is 0 Å². The Morgan fingerprint density at radius 3 is 1.92 bits per heavy atom. The molecule has 4 amide bonds. The molecule has 24 heavy (non-hydrogen) atoms. The largest absolute Gasteiger partial charge is 0.272 e. The Bertz CT molecular complexity index is 605. The van der Waals surface area contributed by atoms with Gasteiger partial charge in [0.2, 0.25) is 0 Å². The van der Waals surface area contributed by atoms with E-state index >= 15 is 0 Å². The third-order valence-electron chi connectivity index (χ3n) is 5.37. The van der Waals surface area contributed by atoms with Crippen LogP contribution < -0.4 is 0 Å². The van der Waals surface area contributed by atoms with Gasteiger partial charge in [0.1, 0.15) is 0 Å². The zero-order chi connectivity index (χ0) is 17.3. The number of amides is 4. The van der Waals surface area contributed by atoms with Crippen LogP contribution in [0.3, 0.4) is 0 Å². The van der Waals surface area contributed by atoms with E-state index in [9.17, 15) is 19.2 Å². The molecule has 0 atom stereocenters. The predicted molar refractivity (Wildman–Crippen MR) is 86.5 cm³/mol. The van der Waals surface area contributed by atoms with E-state index in [2.05, 4.69) is 6.92 Å². The summed E-state index contributed by atoms with van der Waals surface area (Å²) in [5.41, 5.74) is -0.483. The lowest BCUT2D eigenvalue weighted by Gasteiger charge is -2.46. The molecule has 2 aliphatic heterocycles. The van der Waals surface area contributed by atoms with Crippen molar-refractivity contribution in [3.8, 4) is 0 Å². The van der Waals surface area contributed by atoms with Crippen LogP contribution in [0.5, 0.6) is 0 Å². The molecule has 0 bridgehead atoms. The van der Waals surface area contributed by atoms with Gasteiger partial charge in [-0.2, -0.15) is 0 Å². The van der Waals surface area contributed by atoms with Crippen LogP contribution in [0.4, 0.5) is 0 Å². The Balaban J connectivity index is 1.76. The lowest BCUT2D eigenvalue weighted by Crippen LogP contribution is -2.56. The normalized spacial score (nSPS) is 30.1. The minimum Gasteiger partial charge on any atom is -0.272 e. The van der Waals surface area contributed by atoms with Crippen molar-refractivity contribution in [2.75, 3.05) is 0 Å². The summed E-state index contributed by atoms with van der Waals surface area (Å²) >= 11 is 0. The van der Waals surface area contributed by atoms with Gasteiger partial charge in [-0.3, -0.25) is 29.0 Å². The molecule has 0 N–H and O–H groups in total. The highest BCUT2D eigenvalue weighted by Gasteiger charge is 2.47. The third kappa shape index (κ3) is 2.70. The molecule has 0 unspecified atom stereocenters. The van der Waals surface area contributed by atoms with Crippen LogP contribution in [0.1, 0.15) is 51.9 Å².